The highest BCUT2D eigenvalue weighted by atomic mass is 32.1. The van der Waals surface area contributed by atoms with E-state index in [-0.39, 0.29) is 23.3 Å². The second-order valence-corrected chi connectivity index (χ2v) is 10.5. The Kier molecular flexibility index (Phi) is 5.53. The molecule has 0 saturated carbocycles. The highest BCUT2D eigenvalue weighted by Crippen LogP contribution is 2.41. The number of benzene rings is 1. The van der Waals surface area contributed by atoms with Crippen molar-refractivity contribution < 1.29 is 4.79 Å². The van der Waals surface area contributed by atoms with Gasteiger partial charge in [-0.2, -0.15) is 0 Å². The van der Waals surface area contributed by atoms with Crippen LogP contribution >= 0.6 is 11.3 Å². The van der Waals surface area contributed by atoms with Crippen molar-refractivity contribution in [3.63, 3.8) is 0 Å². The Morgan fingerprint density at radius 3 is 2.87 bits per heavy atom. The molecule has 0 fully saturated rings. The van der Waals surface area contributed by atoms with Crippen molar-refractivity contribution in [2.45, 2.75) is 59.8 Å². The maximum Gasteiger partial charge on any atom is 0.259 e. The van der Waals surface area contributed by atoms with Gasteiger partial charge in [-0.3, -0.25) is 9.59 Å². The molecule has 3 aromatic rings. The summed E-state index contributed by atoms with van der Waals surface area (Å²) in [5.41, 5.74) is 3.27. The van der Waals surface area contributed by atoms with E-state index in [1.165, 1.54) is 10.4 Å². The van der Waals surface area contributed by atoms with Crippen molar-refractivity contribution in [1.29, 1.82) is 0 Å². The topological polar surface area (TPSA) is 74.8 Å². The summed E-state index contributed by atoms with van der Waals surface area (Å²) in [5, 5.41) is 3.67. The van der Waals surface area contributed by atoms with Gasteiger partial charge in [-0.15, -0.1) is 11.3 Å². The summed E-state index contributed by atoms with van der Waals surface area (Å²) in [6, 6.07) is 7.72. The molecule has 1 aromatic carbocycles. The van der Waals surface area contributed by atoms with Gasteiger partial charge in [0.15, 0.2) is 0 Å². The highest BCUT2D eigenvalue weighted by molar-refractivity contribution is 7.18. The summed E-state index contributed by atoms with van der Waals surface area (Å²) in [6.45, 7) is 8.87. The van der Waals surface area contributed by atoms with E-state index in [9.17, 15) is 9.59 Å². The fourth-order valence-corrected chi connectivity index (χ4v) is 5.58. The van der Waals surface area contributed by atoms with Crippen molar-refractivity contribution >= 4 is 33.1 Å². The minimum absolute atomic E-state index is 0.0687. The Balaban J connectivity index is 1.50. The van der Waals surface area contributed by atoms with Gasteiger partial charge in [0.2, 0.25) is 5.91 Å². The van der Waals surface area contributed by atoms with Gasteiger partial charge in [-0.05, 0) is 60.8 Å². The molecule has 0 spiro atoms. The smallest absolute Gasteiger partial charge is 0.259 e. The lowest BCUT2D eigenvalue weighted by Crippen LogP contribution is -2.26. The quantitative estimate of drug-likeness (QED) is 0.619. The van der Waals surface area contributed by atoms with Crippen LogP contribution in [0.25, 0.3) is 10.2 Å². The van der Waals surface area contributed by atoms with Crippen LogP contribution in [0.5, 0.6) is 0 Å². The fraction of sp³-hybridized carbons (Fsp3) is 0.458. The average molecular weight is 424 g/mol. The van der Waals surface area contributed by atoms with Crippen LogP contribution in [0.1, 0.15) is 55.4 Å². The van der Waals surface area contributed by atoms with Gasteiger partial charge < -0.3 is 10.3 Å². The van der Waals surface area contributed by atoms with Crippen LogP contribution in [0.3, 0.4) is 0 Å². The lowest BCUT2D eigenvalue weighted by molar-refractivity contribution is -0.116. The van der Waals surface area contributed by atoms with Gasteiger partial charge in [-0.1, -0.05) is 32.9 Å². The fourth-order valence-electron chi connectivity index (χ4n) is 4.26. The molecule has 6 heteroatoms. The normalized spacial score (nSPS) is 16.5. The van der Waals surface area contributed by atoms with Crippen LogP contribution in [0.4, 0.5) is 5.69 Å². The van der Waals surface area contributed by atoms with Gasteiger partial charge >= 0.3 is 0 Å². The summed E-state index contributed by atoms with van der Waals surface area (Å²) in [5.74, 6) is 1.13. The molecule has 1 aliphatic rings. The zero-order valence-electron chi connectivity index (χ0n) is 18.1. The second-order valence-electron chi connectivity index (χ2n) is 9.42. The number of aromatic amines is 1. The minimum atomic E-state index is -0.0816. The zero-order chi connectivity index (χ0) is 21.5. The van der Waals surface area contributed by atoms with E-state index in [0.717, 1.165) is 40.7 Å². The number of nitrogens with zero attached hydrogens (tertiary/aromatic N) is 1. The van der Waals surface area contributed by atoms with Crippen molar-refractivity contribution in [2.24, 2.45) is 11.3 Å². The number of thiophene rings is 1. The minimum Gasteiger partial charge on any atom is -0.326 e. The zero-order valence-corrected chi connectivity index (χ0v) is 18.9. The molecule has 4 rings (SSSR count). The number of rotatable bonds is 4. The Morgan fingerprint density at radius 2 is 2.13 bits per heavy atom. The van der Waals surface area contributed by atoms with Crippen molar-refractivity contribution in [1.82, 2.24) is 9.97 Å². The molecule has 2 N–H and O–H groups in total. The SMILES string of the molecule is Cc1cccc(NC(=O)CCc2nc3sc4c(c3c(=O)[nH]2)CCC(C(C)(C)C)C4)c1. The summed E-state index contributed by atoms with van der Waals surface area (Å²) in [4.78, 5) is 34.8. The molecule has 30 heavy (non-hydrogen) atoms. The van der Waals surface area contributed by atoms with Gasteiger partial charge in [0, 0.05) is 23.4 Å². The molecular weight excluding hydrogens is 394 g/mol. The third-order valence-corrected chi connectivity index (χ3v) is 7.23. The average Bonchev–Trinajstić information content (AvgIpc) is 3.03. The molecule has 158 valence electrons. The van der Waals surface area contributed by atoms with Crippen LogP contribution in [0, 0.1) is 18.3 Å². The van der Waals surface area contributed by atoms with E-state index in [0.29, 0.717) is 18.2 Å². The maximum absolute atomic E-state index is 12.8. The largest absolute Gasteiger partial charge is 0.326 e. The number of amides is 1. The molecule has 1 unspecified atom stereocenters. The standard InChI is InChI=1S/C24H29N3O2S/c1-14-6-5-7-16(12-14)25-20(28)11-10-19-26-22(29)21-17-9-8-15(24(2,3)4)13-18(17)30-23(21)27-19/h5-7,12,15H,8-11,13H2,1-4H3,(H,25,28)(H,26,27,29). The molecule has 0 bridgehead atoms. The molecule has 0 saturated heterocycles. The number of hydrogen-bond acceptors (Lipinski definition) is 4. The molecule has 1 atom stereocenters. The number of hydrogen-bond donors (Lipinski definition) is 2. The van der Waals surface area contributed by atoms with Crippen LogP contribution < -0.4 is 10.9 Å². The van der Waals surface area contributed by atoms with Gasteiger partial charge in [-0.25, -0.2) is 4.98 Å². The van der Waals surface area contributed by atoms with Crippen molar-refractivity contribution in [3.8, 4) is 0 Å². The van der Waals surface area contributed by atoms with Crippen molar-refractivity contribution in [2.75, 3.05) is 5.32 Å². The number of aryl methyl sites for hydroxylation is 3. The first-order valence-electron chi connectivity index (χ1n) is 10.6. The van der Waals surface area contributed by atoms with Crippen LogP contribution in [0.2, 0.25) is 0 Å². The number of H-pyrrole nitrogens is 1. The van der Waals surface area contributed by atoms with E-state index in [1.807, 2.05) is 31.2 Å². The molecule has 1 aliphatic carbocycles. The number of aromatic nitrogens is 2. The lowest BCUT2D eigenvalue weighted by Gasteiger charge is -2.33. The monoisotopic (exact) mass is 423 g/mol. The van der Waals surface area contributed by atoms with E-state index in [1.54, 1.807) is 11.3 Å². The highest BCUT2D eigenvalue weighted by Gasteiger charge is 2.31. The van der Waals surface area contributed by atoms with Crippen LogP contribution in [0.15, 0.2) is 29.1 Å². The summed E-state index contributed by atoms with van der Waals surface area (Å²) >= 11 is 1.65. The Hall–Kier alpha value is -2.47. The molecular formula is C24H29N3O2S. The predicted octanol–water partition coefficient (Wildman–Crippen LogP) is 5.02. The molecule has 1 amide bonds. The third-order valence-electron chi connectivity index (χ3n) is 6.08. The number of anilines is 1. The Morgan fingerprint density at radius 1 is 1.33 bits per heavy atom. The lowest BCUT2D eigenvalue weighted by atomic mass is 9.72. The first-order chi connectivity index (χ1) is 14.2. The summed E-state index contributed by atoms with van der Waals surface area (Å²) < 4.78 is 0. The van der Waals surface area contributed by atoms with Crippen LogP contribution in [-0.4, -0.2) is 15.9 Å². The number of nitrogens with one attached hydrogen (secondary N) is 2. The number of carbonyl (C=O) groups is 1. The van der Waals surface area contributed by atoms with Gasteiger partial charge in [0.25, 0.3) is 5.56 Å². The number of fused-ring (bicyclic) bond motifs is 3. The Labute approximate surface area is 180 Å². The van der Waals surface area contributed by atoms with Gasteiger partial charge in [0.05, 0.1) is 5.39 Å². The molecule has 0 aliphatic heterocycles. The first kappa shape index (κ1) is 20.8. The molecule has 2 aromatic heterocycles. The molecule has 2 heterocycles. The van der Waals surface area contributed by atoms with E-state index in [4.69, 9.17) is 4.98 Å². The predicted molar refractivity (Wildman–Crippen MR) is 123 cm³/mol. The second kappa shape index (κ2) is 7.99. The van der Waals surface area contributed by atoms with E-state index < -0.39 is 0 Å². The Bertz CT molecular complexity index is 1150. The summed E-state index contributed by atoms with van der Waals surface area (Å²) in [7, 11) is 0. The first-order valence-corrected chi connectivity index (χ1v) is 11.4. The number of carbonyl (C=O) groups excluding carboxylic acids is 1. The van der Waals surface area contributed by atoms with E-state index in [2.05, 4.69) is 31.1 Å². The molecule has 5 nitrogen and oxygen atoms in total. The van der Waals surface area contributed by atoms with Crippen molar-refractivity contribution in [3.05, 3.63) is 56.4 Å². The maximum atomic E-state index is 12.8. The van der Waals surface area contributed by atoms with Crippen LogP contribution in [-0.2, 0) is 24.1 Å². The van der Waals surface area contributed by atoms with E-state index >= 15 is 0 Å². The third kappa shape index (κ3) is 4.33. The summed E-state index contributed by atoms with van der Waals surface area (Å²) in [6.07, 6.45) is 3.77. The van der Waals surface area contributed by atoms with Gasteiger partial charge in [0.1, 0.15) is 10.7 Å². The molecule has 0 radical (unpaired) electrons.